The number of rotatable bonds is 4. The van der Waals surface area contributed by atoms with Crippen molar-refractivity contribution >= 4 is 23.1 Å². The van der Waals surface area contributed by atoms with Crippen molar-refractivity contribution in [3.8, 4) is 17.1 Å². The fraction of sp³-hybridized carbons (Fsp3) is 0.393. The molecule has 2 unspecified atom stereocenters. The lowest BCUT2D eigenvalue weighted by Gasteiger charge is -2.36. The molecule has 3 aliphatic rings. The molecule has 6 rings (SSSR count). The highest BCUT2D eigenvalue weighted by Gasteiger charge is 2.35. The van der Waals surface area contributed by atoms with Gasteiger partial charge in [-0.05, 0) is 67.2 Å². The van der Waals surface area contributed by atoms with Gasteiger partial charge in [-0.25, -0.2) is 14.2 Å². The Kier molecular flexibility index (Phi) is 5.61. The maximum Gasteiger partial charge on any atom is 0.279 e. The summed E-state index contributed by atoms with van der Waals surface area (Å²) in [7, 11) is 0. The standard InChI is InChI=1S/C28H26ClFN4O/c1-31-24-12-9-20(15-23(24)30)26-32-27(33-14-13-17-3-2-4-21(17)16-33)25(29)28(35)34(26)22-10-7-19(8-11-22)18-5-6-18/h7-12,15,17-18,21H,2-6,13-14,16H2. The Morgan fingerprint density at radius 1 is 1.03 bits per heavy atom. The van der Waals surface area contributed by atoms with Crippen LogP contribution in [0, 0.1) is 24.2 Å². The normalized spacial score (nSPS) is 21.6. The molecule has 7 heteroatoms. The van der Waals surface area contributed by atoms with E-state index >= 15 is 0 Å². The molecule has 1 saturated heterocycles. The van der Waals surface area contributed by atoms with Gasteiger partial charge in [0.1, 0.15) is 16.7 Å². The molecule has 0 bridgehead atoms. The summed E-state index contributed by atoms with van der Waals surface area (Å²) in [6.07, 6.45) is 7.17. The molecule has 2 aliphatic carbocycles. The molecule has 5 nitrogen and oxygen atoms in total. The van der Waals surface area contributed by atoms with Crippen LogP contribution in [0.15, 0.2) is 47.3 Å². The average molecular weight is 489 g/mol. The van der Waals surface area contributed by atoms with Crippen LogP contribution in [0.25, 0.3) is 21.9 Å². The molecule has 2 aromatic carbocycles. The first-order chi connectivity index (χ1) is 17.0. The quantitative estimate of drug-likeness (QED) is 0.381. The summed E-state index contributed by atoms with van der Waals surface area (Å²) in [5.41, 5.74) is 1.90. The lowest BCUT2D eigenvalue weighted by atomic mass is 9.89. The maximum atomic E-state index is 14.6. The second-order valence-corrected chi connectivity index (χ2v) is 10.4. The first kappa shape index (κ1) is 22.3. The van der Waals surface area contributed by atoms with Gasteiger partial charge in [0.15, 0.2) is 5.82 Å². The van der Waals surface area contributed by atoms with Crippen molar-refractivity contribution in [2.45, 2.75) is 44.4 Å². The summed E-state index contributed by atoms with van der Waals surface area (Å²) in [6, 6.07) is 12.3. The summed E-state index contributed by atoms with van der Waals surface area (Å²) in [6.45, 7) is 8.81. The van der Waals surface area contributed by atoms with Gasteiger partial charge in [-0.3, -0.25) is 9.36 Å². The number of hydrogen-bond donors (Lipinski definition) is 0. The molecule has 0 amide bonds. The van der Waals surface area contributed by atoms with E-state index in [2.05, 4.69) is 9.74 Å². The van der Waals surface area contributed by atoms with E-state index in [9.17, 15) is 9.18 Å². The van der Waals surface area contributed by atoms with Crippen LogP contribution >= 0.6 is 11.6 Å². The molecule has 3 fully saturated rings. The number of piperidine rings is 1. The van der Waals surface area contributed by atoms with Crippen LogP contribution in [0.3, 0.4) is 0 Å². The zero-order valence-corrected chi connectivity index (χ0v) is 20.1. The van der Waals surface area contributed by atoms with Gasteiger partial charge in [0.25, 0.3) is 5.56 Å². The summed E-state index contributed by atoms with van der Waals surface area (Å²) >= 11 is 6.70. The third kappa shape index (κ3) is 4.02. The van der Waals surface area contributed by atoms with Crippen LogP contribution < -0.4 is 10.5 Å². The molecule has 1 aliphatic heterocycles. The number of benzene rings is 2. The van der Waals surface area contributed by atoms with Crippen molar-refractivity contribution in [2.24, 2.45) is 11.8 Å². The van der Waals surface area contributed by atoms with Crippen molar-refractivity contribution in [1.82, 2.24) is 9.55 Å². The molecule has 0 spiro atoms. The monoisotopic (exact) mass is 488 g/mol. The van der Waals surface area contributed by atoms with Gasteiger partial charge >= 0.3 is 0 Å². The van der Waals surface area contributed by atoms with Gasteiger partial charge in [0.05, 0.1) is 12.3 Å². The minimum Gasteiger partial charge on any atom is -0.355 e. The number of anilines is 1. The Morgan fingerprint density at radius 3 is 2.51 bits per heavy atom. The molecular formula is C28H26ClFN4O. The molecule has 1 aromatic heterocycles. The highest BCUT2D eigenvalue weighted by molar-refractivity contribution is 6.32. The van der Waals surface area contributed by atoms with E-state index in [1.54, 1.807) is 6.07 Å². The first-order valence-corrected chi connectivity index (χ1v) is 12.8. The van der Waals surface area contributed by atoms with Gasteiger partial charge in [0, 0.05) is 18.7 Å². The zero-order chi connectivity index (χ0) is 24.1. The minimum absolute atomic E-state index is 0.0612. The topological polar surface area (TPSA) is 42.5 Å². The number of nitrogens with zero attached hydrogens (tertiary/aromatic N) is 4. The van der Waals surface area contributed by atoms with Crippen molar-refractivity contribution in [3.63, 3.8) is 0 Å². The fourth-order valence-corrected chi connectivity index (χ4v) is 6.05. The molecule has 0 radical (unpaired) electrons. The summed E-state index contributed by atoms with van der Waals surface area (Å²) in [4.78, 5) is 24.0. The summed E-state index contributed by atoms with van der Waals surface area (Å²) < 4.78 is 16.1. The second kappa shape index (κ2) is 8.80. The van der Waals surface area contributed by atoms with E-state index in [1.807, 2.05) is 24.3 Å². The lowest BCUT2D eigenvalue weighted by molar-refractivity contribution is 0.322. The van der Waals surface area contributed by atoms with E-state index in [1.165, 1.54) is 54.4 Å². The van der Waals surface area contributed by atoms with Crippen molar-refractivity contribution in [2.75, 3.05) is 18.0 Å². The van der Waals surface area contributed by atoms with Crippen LogP contribution in [0.2, 0.25) is 5.02 Å². The molecule has 2 atom stereocenters. The molecule has 35 heavy (non-hydrogen) atoms. The predicted octanol–water partition coefficient (Wildman–Crippen LogP) is 6.75. The summed E-state index contributed by atoms with van der Waals surface area (Å²) in [5.74, 6) is 2.10. The van der Waals surface area contributed by atoms with E-state index < -0.39 is 5.82 Å². The number of fused-ring (bicyclic) bond motifs is 1. The first-order valence-electron chi connectivity index (χ1n) is 12.4. The van der Waals surface area contributed by atoms with E-state index in [0.29, 0.717) is 34.7 Å². The largest absolute Gasteiger partial charge is 0.355 e. The highest BCUT2D eigenvalue weighted by atomic mass is 35.5. The number of aromatic nitrogens is 2. The Hall–Kier alpha value is -3.17. The molecule has 3 aromatic rings. The third-order valence-electron chi connectivity index (χ3n) is 7.88. The van der Waals surface area contributed by atoms with Gasteiger partial charge in [-0.1, -0.05) is 48.7 Å². The highest BCUT2D eigenvalue weighted by Crippen LogP contribution is 2.41. The minimum atomic E-state index is -0.634. The van der Waals surface area contributed by atoms with Gasteiger partial charge < -0.3 is 4.90 Å². The van der Waals surface area contributed by atoms with E-state index in [-0.39, 0.29) is 16.3 Å². The Bertz CT molecular complexity index is 1390. The Labute approximate surface area is 209 Å². The SMILES string of the molecule is [C-]#[N+]c1ccc(-c2nc(N3CCC4CCCC4C3)c(Cl)c(=O)n2-c2ccc(C3CC3)cc2)cc1F. The summed E-state index contributed by atoms with van der Waals surface area (Å²) in [5, 5.41) is 0.0923. The van der Waals surface area contributed by atoms with Crippen molar-refractivity contribution in [3.05, 3.63) is 80.6 Å². The van der Waals surface area contributed by atoms with Gasteiger partial charge in [-0.2, -0.15) is 0 Å². The van der Waals surface area contributed by atoms with Gasteiger partial charge in [-0.15, -0.1) is 0 Å². The van der Waals surface area contributed by atoms with E-state index in [4.69, 9.17) is 23.2 Å². The van der Waals surface area contributed by atoms with Crippen LogP contribution in [0.1, 0.15) is 50.0 Å². The Morgan fingerprint density at radius 2 is 1.80 bits per heavy atom. The number of hydrogen-bond acceptors (Lipinski definition) is 3. The van der Waals surface area contributed by atoms with Crippen molar-refractivity contribution < 1.29 is 4.39 Å². The average Bonchev–Trinajstić information content (AvgIpc) is 3.62. The number of halogens is 2. The fourth-order valence-electron chi connectivity index (χ4n) is 5.80. The molecule has 178 valence electrons. The molecule has 2 heterocycles. The Balaban J connectivity index is 1.49. The van der Waals surface area contributed by atoms with Crippen LogP contribution in [-0.2, 0) is 0 Å². The van der Waals surface area contributed by atoms with Crippen LogP contribution in [-0.4, -0.2) is 22.6 Å². The molecular weight excluding hydrogens is 463 g/mol. The van der Waals surface area contributed by atoms with Crippen LogP contribution in [0.4, 0.5) is 15.9 Å². The van der Waals surface area contributed by atoms with Crippen LogP contribution in [0.5, 0.6) is 0 Å². The lowest BCUT2D eigenvalue weighted by Crippen LogP contribution is -2.40. The third-order valence-corrected chi connectivity index (χ3v) is 8.21. The van der Waals surface area contributed by atoms with Crippen molar-refractivity contribution in [1.29, 1.82) is 0 Å². The smallest absolute Gasteiger partial charge is 0.279 e. The zero-order valence-electron chi connectivity index (χ0n) is 19.4. The second-order valence-electron chi connectivity index (χ2n) is 10.0. The predicted molar refractivity (Wildman–Crippen MR) is 136 cm³/mol. The molecule has 0 N–H and O–H groups in total. The maximum absolute atomic E-state index is 14.6. The van der Waals surface area contributed by atoms with E-state index in [0.717, 1.165) is 25.4 Å². The van der Waals surface area contributed by atoms with Gasteiger partial charge in [0.2, 0.25) is 5.69 Å². The molecule has 2 saturated carbocycles.